The van der Waals surface area contributed by atoms with Gasteiger partial charge in [0.05, 0.1) is 22.2 Å². The van der Waals surface area contributed by atoms with Crippen LogP contribution in [0.1, 0.15) is 50.9 Å². The summed E-state index contributed by atoms with van der Waals surface area (Å²) in [6.07, 6.45) is -4.82. The van der Waals surface area contributed by atoms with Crippen LogP contribution < -0.4 is 10.9 Å². The SMILES string of the molecule is Cc1noc(=O)c2ccc(NC(=O)C(O)(C#Cc3ccc(C(F)(F)F)cc3)CC(C)(C)C(C)(C)O)cc12. The number of rotatable bonds is 5. The minimum absolute atomic E-state index is 0.152. The van der Waals surface area contributed by atoms with E-state index >= 15 is 0 Å². The van der Waals surface area contributed by atoms with Crippen molar-refractivity contribution in [3.63, 3.8) is 0 Å². The Morgan fingerprint density at radius 3 is 2.22 bits per heavy atom. The molecule has 2 aromatic carbocycles. The Balaban J connectivity index is 2.00. The number of benzene rings is 2. The van der Waals surface area contributed by atoms with E-state index in [1.165, 1.54) is 32.0 Å². The molecule has 0 saturated carbocycles. The fourth-order valence-electron chi connectivity index (χ4n) is 3.50. The molecule has 0 radical (unpaired) electrons. The van der Waals surface area contributed by atoms with Crippen LogP contribution in [-0.2, 0) is 11.0 Å². The van der Waals surface area contributed by atoms with Crippen molar-refractivity contribution in [1.82, 2.24) is 5.16 Å². The second-order valence-electron chi connectivity index (χ2n) is 10.1. The number of nitrogens with one attached hydrogen (secondary N) is 1. The summed E-state index contributed by atoms with van der Waals surface area (Å²) in [6.45, 7) is 7.97. The smallest absolute Gasteiger partial charge is 0.390 e. The molecule has 10 heteroatoms. The summed E-state index contributed by atoms with van der Waals surface area (Å²) in [5.41, 5.74) is -5.39. The molecule has 3 N–H and O–H groups in total. The molecule has 0 aliphatic carbocycles. The Kier molecular flexibility index (Phi) is 7.28. The number of aromatic nitrogens is 1. The van der Waals surface area contributed by atoms with E-state index in [0.29, 0.717) is 11.1 Å². The van der Waals surface area contributed by atoms with E-state index in [1.807, 2.05) is 0 Å². The number of fused-ring (bicyclic) bond motifs is 1. The lowest BCUT2D eigenvalue weighted by Crippen LogP contribution is -2.50. The van der Waals surface area contributed by atoms with Gasteiger partial charge in [-0.2, -0.15) is 13.2 Å². The third-order valence-corrected chi connectivity index (χ3v) is 6.51. The van der Waals surface area contributed by atoms with Crippen molar-refractivity contribution in [3.8, 4) is 11.8 Å². The Bertz CT molecular complexity index is 1440. The summed E-state index contributed by atoms with van der Waals surface area (Å²) < 4.78 is 43.3. The first-order chi connectivity index (χ1) is 16.9. The van der Waals surface area contributed by atoms with Crippen LogP contribution in [0.25, 0.3) is 10.8 Å². The number of anilines is 1. The largest absolute Gasteiger partial charge is 0.416 e. The van der Waals surface area contributed by atoms with Crippen molar-refractivity contribution < 1.29 is 32.7 Å². The topological polar surface area (TPSA) is 113 Å². The van der Waals surface area contributed by atoms with Gasteiger partial charge in [-0.3, -0.25) is 4.79 Å². The number of alkyl halides is 3. The van der Waals surface area contributed by atoms with Gasteiger partial charge in [-0.1, -0.05) is 30.8 Å². The second-order valence-corrected chi connectivity index (χ2v) is 10.1. The highest BCUT2D eigenvalue weighted by Crippen LogP contribution is 2.38. The second kappa shape index (κ2) is 9.65. The zero-order chi connectivity index (χ0) is 27.8. The zero-order valence-corrected chi connectivity index (χ0v) is 20.9. The van der Waals surface area contributed by atoms with Crippen LogP contribution in [-0.4, -0.2) is 32.5 Å². The molecule has 0 aliphatic heterocycles. The molecular weight excluding hydrogens is 489 g/mol. The molecule has 37 heavy (non-hydrogen) atoms. The Morgan fingerprint density at radius 2 is 1.65 bits per heavy atom. The normalized spacial score (nSPS) is 14.0. The third-order valence-electron chi connectivity index (χ3n) is 6.51. The molecule has 3 aromatic rings. The van der Waals surface area contributed by atoms with Crippen LogP contribution in [0.5, 0.6) is 0 Å². The first-order valence-corrected chi connectivity index (χ1v) is 11.3. The number of hydrogen-bond donors (Lipinski definition) is 3. The van der Waals surface area contributed by atoms with Gasteiger partial charge in [0, 0.05) is 23.1 Å². The quantitative estimate of drug-likeness (QED) is 0.433. The molecule has 1 atom stereocenters. The molecule has 7 nitrogen and oxygen atoms in total. The van der Waals surface area contributed by atoms with Gasteiger partial charge in [-0.25, -0.2) is 4.79 Å². The van der Waals surface area contributed by atoms with Gasteiger partial charge >= 0.3 is 11.8 Å². The van der Waals surface area contributed by atoms with Crippen LogP contribution >= 0.6 is 0 Å². The number of halogens is 3. The molecule has 0 spiro atoms. The van der Waals surface area contributed by atoms with Gasteiger partial charge in [-0.15, -0.1) is 0 Å². The summed E-state index contributed by atoms with van der Waals surface area (Å²) in [5.74, 6) is 4.16. The van der Waals surface area contributed by atoms with E-state index < -0.39 is 39.9 Å². The van der Waals surface area contributed by atoms with Gasteiger partial charge in [0.15, 0.2) is 0 Å². The molecule has 0 aliphatic rings. The Labute approximate surface area is 211 Å². The van der Waals surface area contributed by atoms with E-state index in [0.717, 1.165) is 24.3 Å². The maximum Gasteiger partial charge on any atom is 0.416 e. The van der Waals surface area contributed by atoms with E-state index in [9.17, 15) is 33.0 Å². The van der Waals surface area contributed by atoms with Crippen LogP contribution in [0, 0.1) is 24.2 Å². The highest BCUT2D eigenvalue weighted by molar-refractivity contribution is 6.01. The molecule has 3 rings (SSSR count). The predicted octanol–water partition coefficient (Wildman–Crippen LogP) is 4.42. The lowest BCUT2D eigenvalue weighted by atomic mass is 9.70. The van der Waals surface area contributed by atoms with Crippen molar-refractivity contribution in [3.05, 3.63) is 69.7 Å². The van der Waals surface area contributed by atoms with Gasteiger partial charge in [0.2, 0.25) is 5.60 Å². The lowest BCUT2D eigenvalue weighted by molar-refractivity contribution is -0.137. The van der Waals surface area contributed by atoms with E-state index in [2.05, 4.69) is 22.3 Å². The highest BCUT2D eigenvalue weighted by atomic mass is 19.4. The first kappa shape index (κ1) is 27.9. The fraction of sp³-hybridized carbons (Fsp3) is 0.370. The number of hydrogen-bond acceptors (Lipinski definition) is 6. The van der Waals surface area contributed by atoms with Crippen LogP contribution in [0.3, 0.4) is 0 Å². The Morgan fingerprint density at radius 1 is 1.03 bits per heavy atom. The molecule has 1 heterocycles. The first-order valence-electron chi connectivity index (χ1n) is 11.3. The van der Waals surface area contributed by atoms with E-state index in [4.69, 9.17) is 4.52 Å². The van der Waals surface area contributed by atoms with Crippen LogP contribution in [0.15, 0.2) is 51.8 Å². The van der Waals surface area contributed by atoms with Crippen LogP contribution in [0.2, 0.25) is 0 Å². The zero-order valence-electron chi connectivity index (χ0n) is 20.9. The molecule has 1 aromatic heterocycles. The molecule has 0 saturated heterocycles. The lowest BCUT2D eigenvalue weighted by Gasteiger charge is -2.40. The van der Waals surface area contributed by atoms with Crippen LogP contribution in [0.4, 0.5) is 18.9 Å². The summed E-state index contributed by atoms with van der Waals surface area (Å²) in [5, 5.41) is 29.0. The number of nitrogens with zero attached hydrogens (tertiary/aromatic N) is 1. The number of carbonyl (C=O) groups excluding carboxylic acids is 1. The third kappa shape index (κ3) is 6.18. The van der Waals surface area contributed by atoms with Crippen molar-refractivity contribution in [2.45, 2.75) is 58.4 Å². The molecule has 0 fully saturated rings. The average molecular weight is 517 g/mol. The van der Waals surface area contributed by atoms with Crippen molar-refractivity contribution in [1.29, 1.82) is 0 Å². The molecule has 196 valence electrons. The maximum absolute atomic E-state index is 13.3. The van der Waals surface area contributed by atoms with Crippen molar-refractivity contribution in [2.24, 2.45) is 5.41 Å². The summed E-state index contributed by atoms with van der Waals surface area (Å²) in [6, 6.07) is 8.37. The summed E-state index contributed by atoms with van der Waals surface area (Å²) in [4.78, 5) is 25.3. The number of amides is 1. The number of carbonyl (C=O) groups is 1. The monoisotopic (exact) mass is 516 g/mol. The predicted molar refractivity (Wildman–Crippen MR) is 132 cm³/mol. The van der Waals surface area contributed by atoms with Crippen molar-refractivity contribution in [2.75, 3.05) is 5.32 Å². The molecule has 1 amide bonds. The van der Waals surface area contributed by atoms with Gasteiger partial charge < -0.3 is 20.1 Å². The summed E-state index contributed by atoms with van der Waals surface area (Å²) in [7, 11) is 0. The minimum atomic E-state index is -4.52. The standard InChI is InChI=1S/C27H27F3N2O5/c1-16-21-14-19(10-11-20(21)22(33)37-32-16)31-23(34)26(36,15-24(2,3)25(4,5)35)13-12-17-6-8-18(9-7-17)27(28,29)30/h6-11,14,35-36H,15H2,1-5H3,(H,31,34). The maximum atomic E-state index is 13.3. The molecular formula is C27H27F3N2O5. The molecule has 1 unspecified atom stereocenters. The fourth-order valence-corrected chi connectivity index (χ4v) is 3.50. The van der Waals surface area contributed by atoms with E-state index in [1.54, 1.807) is 20.8 Å². The van der Waals surface area contributed by atoms with Gasteiger partial charge in [-0.05, 0) is 68.7 Å². The Hall–Kier alpha value is -3.68. The average Bonchev–Trinajstić information content (AvgIpc) is 2.79. The highest BCUT2D eigenvalue weighted by Gasteiger charge is 2.46. The van der Waals surface area contributed by atoms with Gasteiger partial charge in [0.25, 0.3) is 5.91 Å². The number of aliphatic hydroxyl groups is 2. The molecule has 0 bridgehead atoms. The summed E-state index contributed by atoms with van der Waals surface area (Å²) >= 11 is 0. The number of aryl methyl sites for hydroxylation is 1. The minimum Gasteiger partial charge on any atom is -0.390 e. The van der Waals surface area contributed by atoms with Gasteiger partial charge in [0.1, 0.15) is 0 Å². The van der Waals surface area contributed by atoms with Crippen molar-refractivity contribution >= 4 is 22.4 Å². The van der Waals surface area contributed by atoms with E-state index in [-0.39, 0.29) is 23.1 Å².